The van der Waals surface area contributed by atoms with Gasteiger partial charge in [-0.3, -0.25) is 4.79 Å². The first-order valence-electron chi connectivity index (χ1n) is 14.7. The third kappa shape index (κ3) is 19.7. The topological polar surface area (TPSA) is 99.6 Å². The summed E-state index contributed by atoms with van der Waals surface area (Å²) in [4.78, 5) is 23.5. The van der Waals surface area contributed by atoms with Crippen LogP contribution in [-0.2, 0) is 20.7 Å². The third-order valence-electron chi connectivity index (χ3n) is 6.72. The van der Waals surface area contributed by atoms with Crippen LogP contribution in [0.4, 0.5) is 4.79 Å². The SMILES string of the molecule is CCCCCCCCCCCCCCC(I)(CCNC(=O)OCCOC(=O)C(C)C)Cc1ccccc1.N. The molecule has 0 radical (unpaired) electrons. The molecule has 7 heteroatoms. The molecule has 1 unspecified atom stereocenters. The Bertz CT molecular complexity index is 717. The summed E-state index contributed by atoms with van der Waals surface area (Å²) < 4.78 is 10.3. The van der Waals surface area contributed by atoms with Gasteiger partial charge in [-0.1, -0.05) is 151 Å². The van der Waals surface area contributed by atoms with Crippen molar-refractivity contribution in [1.82, 2.24) is 11.5 Å². The van der Waals surface area contributed by atoms with E-state index in [4.69, 9.17) is 9.47 Å². The van der Waals surface area contributed by atoms with Gasteiger partial charge in [0.05, 0.1) is 5.92 Å². The van der Waals surface area contributed by atoms with E-state index in [0.717, 1.165) is 19.3 Å². The molecule has 0 fully saturated rings. The first-order valence-corrected chi connectivity index (χ1v) is 15.7. The van der Waals surface area contributed by atoms with Gasteiger partial charge in [-0.05, 0) is 24.8 Å². The van der Waals surface area contributed by atoms with Gasteiger partial charge in [0.25, 0.3) is 0 Å². The molecule has 220 valence electrons. The number of carbonyl (C=O) groups is 2. The Kier molecular flexibility index (Phi) is 22.7. The lowest BCUT2D eigenvalue weighted by Gasteiger charge is -2.28. The quantitative estimate of drug-likeness (QED) is 0.0567. The molecule has 0 aliphatic heterocycles. The average Bonchev–Trinajstić information content (AvgIpc) is 2.87. The molecule has 0 saturated heterocycles. The van der Waals surface area contributed by atoms with Gasteiger partial charge in [-0.25, -0.2) is 4.79 Å². The molecular formula is C31H55IN2O4. The number of hydrogen-bond acceptors (Lipinski definition) is 5. The number of benzene rings is 1. The van der Waals surface area contributed by atoms with E-state index < -0.39 is 6.09 Å². The molecule has 1 rings (SSSR count). The zero-order valence-corrected chi connectivity index (χ0v) is 26.6. The minimum Gasteiger partial charge on any atom is -0.462 e. The van der Waals surface area contributed by atoms with Gasteiger partial charge in [0.1, 0.15) is 13.2 Å². The van der Waals surface area contributed by atoms with Gasteiger partial charge in [0, 0.05) is 9.97 Å². The maximum Gasteiger partial charge on any atom is 0.407 e. The highest BCUT2D eigenvalue weighted by atomic mass is 127. The van der Waals surface area contributed by atoms with Crippen molar-refractivity contribution >= 4 is 34.7 Å². The summed E-state index contributed by atoms with van der Waals surface area (Å²) in [5.41, 5.74) is 1.34. The van der Waals surface area contributed by atoms with Crippen LogP contribution in [0.25, 0.3) is 0 Å². The van der Waals surface area contributed by atoms with Crippen molar-refractivity contribution in [2.75, 3.05) is 19.8 Å². The summed E-state index contributed by atoms with van der Waals surface area (Å²) in [5.74, 6) is -0.460. The Hall–Kier alpha value is -1.35. The zero-order chi connectivity index (χ0) is 27.2. The van der Waals surface area contributed by atoms with Crippen molar-refractivity contribution in [3.05, 3.63) is 35.9 Å². The summed E-state index contributed by atoms with van der Waals surface area (Å²) in [6.45, 7) is 6.56. The predicted octanol–water partition coefficient (Wildman–Crippen LogP) is 8.97. The Morgan fingerprint density at radius 3 is 1.89 bits per heavy atom. The molecule has 0 aromatic heterocycles. The van der Waals surface area contributed by atoms with E-state index in [-0.39, 0.29) is 34.7 Å². The van der Waals surface area contributed by atoms with E-state index in [1.54, 1.807) is 13.8 Å². The lowest BCUT2D eigenvalue weighted by atomic mass is 9.90. The van der Waals surface area contributed by atoms with Crippen molar-refractivity contribution in [2.45, 2.75) is 121 Å². The minimum absolute atomic E-state index is 0. The van der Waals surface area contributed by atoms with Crippen molar-refractivity contribution < 1.29 is 19.1 Å². The van der Waals surface area contributed by atoms with Crippen LogP contribution in [0, 0.1) is 5.92 Å². The molecule has 0 saturated carbocycles. The van der Waals surface area contributed by atoms with Crippen LogP contribution in [0.5, 0.6) is 0 Å². The molecule has 0 spiro atoms. The maximum absolute atomic E-state index is 12.1. The first-order chi connectivity index (χ1) is 17.9. The van der Waals surface area contributed by atoms with Crippen molar-refractivity contribution in [2.24, 2.45) is 5.92 Å². The number of hydrogen-bond donors (Lipinski definition) is 2. The summed E-state index contributed by atoms with van der Waals surface area (Å²) >= 11 is 2.62. The number of halogens is 1. The number of nitrogens with one attached hydrogen (secondary N) is 1. The highest BCUT2D eigenvalue weighted by Gasteiger charge is 2.26. The summed E-state index contributed by atoms with van der Waals surface area (Å²) in [7, 11) is 0. The van der Waals surface area contributed by atoms with Crippen molar-refractivity contribution in [1.29, 1.82) is 0 Å². The summed E-state index contributed by atoms with van der Waals surface area (Å²) in [5, 5.41) is 2.87. The standard InChI is InChI=1S/C31H52INO4.H3N/c1-4-5-6-7-8-9-10-11-12-13-14-18-21-31(32,26-28-19-16-15-17-20-28)22-23-33-30(35)37-25-24-36-29(34)27(2)3;/h15-17,19-20,27H,4-14,18,21-26H2,1-3H3,(H,33,35);1H3. The second-order valence-corrected chi connectivity index (χ2v) is 12.9. The van der Waals surface area contributed by atoms with Crippen LogP contribution in [0.15, 0.2) is 30.3 Å². The smallest absolute Gasteiger partial charge is 0.407 e. The van der Waals surface area contributed by atoms with E-state index in [1.807, 2.05) is 0 Å². The number of alkyl carbamates (subject to hydrolysis) is 1. The number of esters is 1. The van der Waals surface area contributed by atoms with E-state index in [1.165, 1.54) is 82.6 Å². The lowest BCUT2D eigenvalue weighted by molar-refractivity contribution is -0.148. The molecule has 0 heterocycles. The number of amides is 1. The van der Waals surface area contributed by atoms with Gasteiger partial charge in [0.2, 0.25) is 0 Å². The maximum atomic E-state index is 12.1. The summed E-state index contributed by atoms with van der Waals surface area (Å²) in [6.07, 6.45) is 18.8. The Labute approximate surface area is 246 Å². The molecule has 4 N–H and O–H groups in total. The van der Waals surface area contributed by atoms with Crippen LogP contribution < -0.4 is 11.5 Å². The molecule has 0 aliphatic carbocycles. The lowest BCUT2D eigenvalue weighted by Crippen LogP contribution is -2.33. The van der Waals surface area contributed by atoms with E-state index in [0.29, 0.717) is 6.54 Å². The fourth-order valence-corrected chi connectivity index (χ4v) is 5.52. The van der Waals surface area contributed by atoms with Crippen LogP contribution in [-0.4, -0.2) is 35.2 Å². The monoisotopic (exact) mass is 646 g/mol. The number of rotatable bonds is 22. The molecule has 1 amide bonds. The molecule has 0 aliphatic rings. The fourth-order valence-electron chi connectivity index (χ4n) is 4.43. The highest BCUT2D eigenvalue weighted by molar-refractivity contribution is 14.1. The van der Waals surface area contributed by atoms with Crippen molar-refractivity contribution in [3.8, 4) is 0 Å². The molecule has 1 aromatic carbocycles. The Morgan fingerprint density at radius 2 is 1.34 bits per heavy atom. The number of ether oxygens (including phenoxy) is 2. The second-order valence-electron chi connectivity index (χ2n) is 10.6. The first kappa shape index (κ1) is 36.6. The van der Waals surface area contributed by atoms with Crippen LogP contribution in [0.1, 0.15) is 116 Å². The predicted molar refractivity (Wildman–Crippen MR) is 167 cm³/mol. The van der Waals surface area contributed by atoms with Gasteiger partial charge in [-0.15, -0.1) is 0 Å². The summed E-state index contributed by atoms with van der Waals surface area (Å²) in [6, 6.07) is 10.6. The van der Waals surface area contributed by atoms with E-state index in [2.05, 4.69) is 65.2 Å². The number of unbranched alkanes of at least 4 members (excludes halogenated alkanes) is 11. The minimum atomic E-state index is -0.454. The number of carbonyl (C=O) groups excluding carboxylic acids is 2. The van der Waals surface area contributed by atoms with Gasteiger partial charge in [0.15, 0.2) is 0 Å². The van der Waals surface area contributed by atoms with Crippen LogP contribution in [0.2, 0.25) is 0 Å². The molecule has 1 aromatic rings. The van der Waals surface area contributed by atoms with Crippen molar-refractivity contribution in [3.63, 3.8) is 0 Å². The zero-order valence-electron chi connectivity index (χ0n) is 24.4. The highest BCUT2D eigenvalue weighted by Crippen LogP contribution is 2.34. The van der Waals surface area contributed by atoms with E-state index >= 15 is 0 Å². The third-order valence-corrected chi connectivity index (χ3v) is 8.18. The molecule has 0 bridgehead atoms. The van der Waals surface area contributed by atoms with Gasteiger partial charge >= 0.3 is 12.1 Å². The van der Waals surface area contributed by atoms with Gasteiger partial charge in [-0.2, -0.15) is 0 Å². The Morgan fingerprint density at radius 1 is 0.816 bits per heavy atom. The average molecular weight is 647 g/mol. The molecular weight excluding hydrogens is 591 g/mol. The molecule has 38 heavy (non-hydrogen) atoms. The number of alkyl halides is 1. The van der Waals surface area contributed by atoms with Crippen LogP contribution >= 0.6 is 22.6 Å². The fraction of sp³-hybridized carbons (Fsp3) is 0.742. The van der Waals surface area contributed by atoms with Gasteiger partial charge < -0.3 is 20.9 Å². The Balaban J connectivity index is 0.0000137. The normalized spacial score (nSPS) is 12.4. The largest absolute Gasteiger partial charge is 0.462 e. The molecule has 6 nitrogen and oxygen atoms in total. The van der Waals surface area contributed by atoms with E-state index in [9.17, 15) is 9.59 Å². The van der Waals surface area contributed by atoms with Crippen LogP contribution in [0.3, 0.4) is 0 Å². The molecule has 1 atom stereocenters. The second kappa shape index (κ2) is 23.5.